The van der Waals surface area contributed by atoms with E-state index in [4.69, 9.17) is 33.5 Å². The number of rotatable bonds is 30. The number of benzene rings is 4. The van der Waals surface area contributed by atoms with Crippen LogP contribution in [0.5, 0.6) is 11.5 Å². The summed E-state index contributed by atoms with van der Waals surface area (Å²) in [7, 11) is 12.6. The highest BCUT2D eigenvalue weighted by Gasteiger charge is 2.81. The number of anilines is 2. The van der Waals surface area contributed by atoms with E-state index in [2.05, 4.69) is 87.7 Å². The number of nitrogens with one attached hydrogen (secondary N) is 6. The van der Waals surface area contributed by atoms with E-state index in [1.54, 1.807) is 21.1 Å². The summed E-state index contributed by atoms with van der Waals surface area (Å²) in [5.74, 6) is 0.116. The molecule has 6 aromatic rings. The van der Waals surface area contributed by atoms with Gasteiger partial charge in [0.2, 0.25) is 0 Å². The number of hydrogen-bond acceptors (Lipinski definition) is 30. The molecule has 4 bridgehead atoms. The van der Waals surface area contributed by atoms with E-state index in [1.165, 1.54) is 43.2 Å². The topological polar surface area (TPSA) is 433 Å². The Morgan fingerprint density at radius 3 is 1.32 bits per heavy atom. The summed E-state index contributed by atoms with van der Waals surface area (Å²) in [5, 5.41) is 87.5. The minimum atomic E-state index is -2.51. The van der Waals surface area contributed by atoms with Crippen molar-refractivity contribution in [3.8, 4) is 11.5 Å². The number of ether oxygens (including phenoxy) is 6. The normalized spacial score (nSPS) is 33.5. The molecular weight excluding hydrogens is 1820 g/mol. The van der Waals surface area contributed by atoms with Crippen LogP contribution < -0.4 is 41.0 Å². The van der Waals surface area contributed by atoms with Crippen molar-refractivity contribution in [2.75, 3.05) is 153 Å². The first-order valence-corrected chi connectivity index (χ1v) is 52.7. The number of aliphatic hydroxyl groups excluding tert-OH is 2. The van der Waals surface area contributed by atoms with E-state index in [9.17, 15) is 69.0 Å². The molecule has 6 fully saturated rings. The number of methoxy groups -OCH3 is 2. The Hall–Kier alpha value is -8.80. The first-order valence-electron chi connectivity index (χ1n) is 47.7. The van der Waals surface area contributed by atoms with Crippen molar-refractivity contribution in [3.05, 3.63) is 142 Å². The number of amides is 4. The van der Waals surface area contributed by atoms with E-state index >= 15 is 0 Å². The Bertz CT molecular complexity index is 5280. The standard InChI is InChI=1S/C50H66N6O10S2.C49H64N6O11S2/c1-6-46(62)25-32-26-48(29-65-30-57,40-34(13-18-55(27-32)28-46)33-11-8-9-12-37(33)51-40)36-23-35-38(24-39(36)64-5)54(4)42-49(35)16-19-56-17-10-15-47(7-2,41(49)56)43(59)50(42,63)44(60)52-53-45(61)66-20-22-68-67-21-14-31(3)58;1-5-45(62)24-30-25-47(28-65-29-56,39-32(12-17-54(26-30)27-45)31-10-7-8-11-35(31)50-39)34-22-33-36(23-37(34)64-4)53(3)41-48(33)15-18-55-16-9-14-46(6-2,40(48)55)42(59)49(41,63)43(60)51-52-44(61)66-19-21-68-67-20-13-38(57)58/h8-12,15,23-24,30,32,41-43,51,59,62-63H,6-7,13-14,16-22,25-29H2,1-5H3,(H,52,60)(H,53,61);7-11,14,22-23,29-30,40-42,50,59,62-63H,5-6,12-13,15-21,24-28H2,1-4H3,(H,51,60)(H,52,61)(H,57,58)/t32?,41-,42+,43+,46-,47+,48-,49+,50-;30?,40-,41+,42+,45-,46+,47-,48+,49-/m00/s1. The lowest BCUT2D eigenvalue weighted by atomic mass is 9.47. The lowest BCUT2D eigenvalue weighted by Crippen LogP contribution is -2.82. The number of carbonyl (C=O) groups excluding carboxylic acids is 7. The summed E-state index contributed by atoms with van der Waals surface area (Å²) < 4.78 is 35.5. The van der Waals surface area contributed by atoms with Crippen LogP contribution in [-0.4, -0.2) is 316 Å². The predicted molar refractivity (Wildman–Crippen MR) is 520 cm³/mol. The number of Topliss-reactive ketones (excluding diaryl/α,β-unsaturated/α-hetero) is 1. The van der Waals surface area contributed by atoms with E-state index < -0.39 is 109 Å². The fourth-order valence-electron chi connectivity index (χ4n) is 27.6. The molecule has 20 atom stereocenters. The van der Waals surface area contributed by atoms with Gasteiger partial charge in [0.15, 0.2) is 11.2 Å². The van der Waals surface area contributed by atoms with E-state index in [0.717, 1.165) is 98.4 Å². The number of aliphatic hydroxyl groups is 6. The number of piperidine rings is 2. The van der Waals surface area contributed by atoms with E-state index in [1.807, 2.05) is 112 Å². The van der Waals surface area contributed by atoms with Gasteiger partial charge in [0.25, 0.3) is 24.8 Å². The summed E-state index contributed by atoms with van der Waals surface area (Å²) in [6.07, 6.45) is 9.78. The molecular formula is C99H130N12O21S4. The highest BCUT2D eigenvalue weighted by atomic mass is 33.1. The third kappa shape index (κ3) is 16.4. The van der Waals surface area contributed by atoms with Gasteiger partial charge in [-0.1, -0.05) is 132 Å². The van der Waals surface area contributed by atoms with Crippen LogP contribution in [0.25, 0.3) is 21.8 Å². The highest BCUT2D eigenvalue weighted by Crippen LogP contribution is 2.71. The number of hydrogen-bond donors (Lipinski definition) is 13. The molecule has 33 nitrogen and oxygen atoms in total. The minimum Gasteiger partial charge on any atom is -0.496 e. The number of H-pyrrole nitrogens is 2. The van der Waals surface area contributed by atoms with Gasteiger partial charge in [0.05, 0.1) is 54.8 Å². The number of fused-ring (bicyclic) bond motifs is 12. The van der Waals surface area contributed by atoms with Crippen LogP contribution in [0.1, 0.15) is 156 Å². The van der Waals surface area contributed by atoms with Gasteiger partial charge in [-0.05, 0) is 155 Å². The van der Waals surface area contributed by atoms with Gasteiger partial charge >= 0.3 is 18.2 Å². The minimum absolute atomic E-state index is 0.0123. The molecule has 4 unspecified atom stereocenters. The summed E-state index contributed by atoms with van der Waals surface area (Å²) in [6.45, 7) is 17.0. The second kappa shape index (κ2) is 39.0. The molecule has 13 N–H and O–H groups in total. The molecule has 12 heterocycles. The predicted octanol–water partition coefficient (Wildman–Crippen LogP) is 8.23. The summed E-state index contributed by atoms with van der Waals surface area (Å²) >= 11 is 0. The number of aliphatic carboxylic acids is 1. The fraction of sp³-hybridized carbons (Fsp3) is 0.596. The Labute approximate surface area is 807 Å². The third-order valence-corrected chi connectivity index (χ3v) is 37.6. The second-order valence-electron chi connectivity index (χ2n) is 39.7. The number of ketones is 1. The first kappa shape index (κ1) is 98.8. The average Bonchev–Trinajstić information content (AvgIpc) is 1.49. The quantitative estimate of drug-likeness (QED) is 0.00504. The number of carboxylic acid groups (broad SMARTS) is 1. The summed E-state index contributed by atoms with van der Waals surface area (Å²) in [4.78, 5) is 124. The van der Waals surface area contributed by atoms with Crippen LogP contribution in [0.4, 0.5) is 21.0 Å². The Morgan fingerprint density at radius 2 is 0.934 bits per heavy atom. The molecule has 18 rings (SSSR count). The van der Waals surface area contributed by atoms with Crippen molar-refractivity contribution in [1.29, 1.82) is 0 Å². The fourth-order valence-corrected chi connectivity index (χ4v) is 31.3. The monoisotopic (exact) mass is 1950 g/mol. The summed E-state index contributed by atoms with van der Waals surface area (Å²) in [6, 6.07) is 21.9. The van der Waals surface area contributed by atoms with Gasteiger partial charge in [-0.15, -0.1) is 0 Å². The number of hydrazine groups is 2. The molecule has 4 aromatic carbocycles. The largest absolute Gasteiger partial charge is 0.496 e. The number of aromatic amines is 2. The smallest absolute Gasteiger partial charge is 0.426 e. The van der Waals surface area contributed by atoms with Gasteiger partial charge in [-0.3, -0.25) is 59.2 Å². The maximum atomic E-state index is 14.9. The van der Waals surface area contributed by atoms with Gasteiger partial charge in [-0.25, -0.2) is 20.4 Å². The number of nitrogens with zero attached hydrogens (tertiary/aromatic N) is 6. The molecule has 2 aliphatic carbocycles. The molecule has 2 saturated carbocycles. The molecule has 4 saturated heterocycles. The lowest BCUT2D eigenvalue weighted by molar-refractivity contribution is -0.204. The Kier molecular flexibility index (Phi) is 28.3. The van der Waals surface area contributed by atoms with Crippen molar-refractivity contribution < 1.29 is 103 Å². The molecule has 10 aliphatic heterocycles. The number of likely N-dealkylation sites (N-methyl/N-ethyl adjacent to an activating group) is 2. The van der Waals surface area contributed by atoms with Crippen LogP contribution in [0.2, 0.25) is 0 Å². The van der Waals surface area contributed by atoms with Crippen molar-refractivity contribution in [3.63, 3.8) is 0 Å². The van der Waals surface area contributed by atoms with Crippen molar-refractivity contribution >= 4 is 125 Å². The number of para-hydroxylation sites is 2. The van der Waals surface area contributed by atoms with Crippen LogP contribution in [0.3, 0.4) is 0 Å². The van der Waals surface area contributed by atoms with Crippen LogP contribution >= 0.6 is 43.2 Å². The SMILES string of the molecule is CC[C@]1(O)CC2CN(CCc3c([nH]c4ccccc34)[C@@](COC=O)(c3cc4c(cc3OC)N(C)[C@H]3[C@@](O)(C(=O)NNC(=O)OCCSSCCC(=O)O)[C@H](O)[C@]5(CC)C=CCN6CC[C@]43[C@@H]65)C2)C1.CC[C@]1(O)CC2CN(CCc3c([nH]c4ccccc34)[C@@](COC=O)(c3cc4c(cc3OC)N(C)[C@H]3[C@@](O)(C(=O)NNC(=O)OCCSSCCC(C)=O)[C@H](O)[C@]5(CC)C=CCN6CC[C@]43[C@@H]65)C2)C1. The second-order valence-corrected chi connectivity index (χ2v) is 45.2. The van der Waals surface area contributed by atoms with Crippen LogP contribution in [0.15, 0.2) is 97.1 Å². The third-order valence-electron chi connectivity index (χ3n) is 32.9. The zero-order chi connectivity index (χ0) is 96.5. The van der Waals surface area contributed by atoms with Gasteiger partial charge in [-0.2, -0.15) is 0 Å². The van der Waals surface area contributed by atoms with Crippen molar-refractivity contribution in [2.45, 2.75) is 205 Å². The molecule has 736 valence electrons. The summed E-state index contributed by atoms with van der Waals surface area (Å²) in [5.41, 5.74) is 7.12. The van der Waals surface area contributed by atoms with Crippen molar-refractivity contribution in [2.24, 2.45) is 22.7 Å². The van der Waals surface area contributed by atoms with E-state index in [-0.39, 0.29) is 62.6 Å². The van der Waals surface area contributed by atoms with Gasteiger partial charge in [0, 0.05) is 197 Å². The van der Waals surface area contributed by atoms with Crippen LogP contribution in [0, 0.1) is 22.7 Å². The maximum Gasteiger partial charge on any atom is 0.426 e. The van der Waals surface area contributed by atoms with Gasteiger partial charge < -0.3 is 83.9 Å². The lowest BCUT2D eigenvalue weighted by Gasteiger charge is -2.63. The zero-order valence-corrected chi connectivity index (χ0v) is 82.1. The number of aromatic nitrogens is 2. The average molecular weight is 1950 g/mol. The van der Waals surface area contributed by atoms with Gasteiger partial charge in [0.1, 0.15) is 55.9 Å². The van der Waals surface area contributed by atoms with Crippen LogP contribution in [-0.2, 0) is 82.2 Å². The van der Waals surface area contributed by atoms with E-state index in [0.29, 0.717) is 176 Å². The maximum absolute atomic E-state index is 14.9. The molecule has 136 heavy (non-hydrogen) atoms. The number of carbonyl (C=O) groups is 8. The molecule has 4 amide bonds. The molecule has 2 spiro atoms. The molecule has 12 aliphatic rings. The highest BCUT2D eigenvalue weighted by molar-refractivity contribution is 8.77. The Morgan fingerprint density at radius 1 is 0.522 bits per heavy atom. The van der Waals surface area contributed by atoms with Crippen molar-refractivity contribution in [1.82, 2.24) is 51.3 Å². The number of carboxylic acids is 1. The molecule has 0 radical (unpaired) electrons. The zero-order valence-electron chi connectivity index (χ0n) is 78.8. The Balaban J connectivity index is 0.000000189. The first-order chi connectivity index (χ1) is 65.3. The molecule has 37 heteroatoms. The molecule has 2 aromatic heterocycles.